The van der Waals surface area contributed by atoms with Crippen LogP contribution in [0.3, 0.4) is 0 Å². The van der Waals surface area contributed by atoms with Crippen molar-refractivity contribution in [3.05, 3.63) is 11.1 Å². The molecule has 0 saturated carbocycles. The molecule has 76 valence electrons. The van der Waals surface area contributed by atoms with E-state index in [1.54, 1.807) is 5.54 Å². The molecule has 1 heterocycles. The summed E-state index contributed by atoms with van der Waals surface area (Å²) in [6, 6.07) is 0. The van der Waals surface area contributed by atoms with Gasteiger partial charge in [0.25, 0.3) is 0 Å². The van der Waals surface area contributed by atoms with E-state index in [0.29, 0.717) is 6.10 Å². The van der Waals surface area contributed by atoms with Gasteiger partial charge in [-0.2, -0.15) is 0 Å². The van der Waals surface area contributed by atoms with Crippen molar-refractivity contribution < 1.29 is 4.74 Å². The Morgan fingerprint density at radius 1 is 1.62 bits per heavy atom. The molecule has 1 saturated heterocycles. The summed E-state index contributed by atoms with van der Waals surface area (Å²) in [7, 11) is 0. The Bertz CT molecular complexity index is 164. The summed E-state index contributed by atoms with van der Waals surface area (Å²) in [4.78, 5) is 0. The Hall–Kier alpha value is -0.0500. The van der Waals surface area contributed by atoms with Crippen LogP contribution in [0.25, 0.3) is 0 Å². The minimum atomic E-state index is 0.414. The van der Waals surface area contributed by atoms with Crippen molar-refractivity contribution in [3.63, 3.8) is 0 Å². The van der Waals surface area contributed by atoms with Gasteiger partial charge in [-0.3, -0.25) is 0 Å². The SMILES string of the molecule is CC(=CCl)CNCC1CCCCO1. The number of rotatable bonds is 4. The summed E-state index contributed by atoms with van der Waals surface area (Å²) in [5.74, 6) is 0. The highest BCUT2D eigenvalue weighted by molar-refractivity contribution is 6.25. The van der Waals surface area contributed by atoms with Crippen LogP contribution in [0.15, 0.2) is 11.1 Å². The monoisotopic (exact) mass is 203 g/mol. The Morgan fingerprint density at radius 2 is 2.46 bits per heavy atom. The molecule has 1 aliphatic rings. The van der Waals surface area contributed by atoms with Gasteiger partial charge in [0.1, 0.15) is 0 Å². The summed E-state index contributed by atoms with van der Waals surface area (Å²) in [5.41, 5.74) is 2.78. The first kappa shape index (κ1) is 11.0. The van der Waals surface area contributed by atoms with Gasteiger partial charge in [-0.25, -0.2) is 0 Å². The molecule has 0 aliphatic carbocycles. The van der Waals surface area contributed by atoms with E-state index in [2.05, 4.69) is 5.32 Å². The summed E-state index contributed by atoms with van der Waals surface area (Å²) in [6.07, 6.45) is 4.13. The summed E-state index contributed by atoms with van der Waals surface area (Å²) in [5, 5.41) is 3.33. The lowest BCUT2D eigenvalue weighted by atomic mass is 10.1. The van der Waals surface area contributed by atoms with Crippen LogP contribution >= 0.6 is 11.6 Å². The zero-order valence-electron chi connectivity index (χ0n) is 8.18. The first-order valence-corrected chi connectivity index (χ1v) is 5.34. The molecule has 0 bridgehead atoms. The number of halogens is 1. The third-order valence-electron chi connectivity index (χ3n) is 2.24. The van der Waals surface area contributed by atoms with Crippen LogP contribution in [0.1, 0.15) is 26.2 Å². The molecule has 1 unspecified atom stereocenters. The Balaban J connectivity index is 2.04. The molecule has 1 rings (SSSR count). The first-order valence-electron chi connectivity index (χ1n) is 4.91. The topological polar surface area (TPSA) is 21.3 Å². The fourth-order valence-electron chi connectivity index (χ4n) is 1.44. The van der Waals surface area contributed by atoms with Crippen molar-refractivity contribution >= 4 is 11.6 Å². The summed E-state index contributed by atoms with van der Waals surface area (Å²) in [6.45, 7) is 4.75. The van der Waals surface area contributed by atoms with Crippen LogP contribution in [0.2, 0.25) is 0 Å². The zero-order chi connectivity index (χ0) is 9.52. The lowest BCUT2D eigenvalue weighted by Gasteiger charge is -2.22. The van der Waals surface area contributed by atoms with Crippen molar-refractivity contribution in [1.82, 2.24) is 5.32 Å². The molecule has 1 N–H and O–H groups in total. The molecule has 0 aromatic rings. The first-order chi connectivity index (χ1) is 6.33. The molecule has 0 radical (unpaired) electrons. The highest BCUT2D eigenvalue weighted by Crippen LogP contribution is 2.11. The highest BCUT2D eigenvalue weighted by Gasteiger charge is 2.12. The van der Waals surface area contributed by atoms with Crippen LogP contribution in [-0.4, -0.2) is 25.8 Å². The minimum absolute atomic E-state index is 0.414. The van der Waals surface area contributed by atoms with Crippen molar-refractivity contribution in [2.45, 2.75) is 32.3 Å². The molecule has 3 heteroatoms. The Kier molecular flexibility index (Phi) is 5.44. The lowest BCUT2D eigenvalue weighted by molar-refractivity contribution is 0.0174. The van der Waals surface area contributed by atoms with Crippen LogP contribution in [0, 0.1) is 0 Å². The van der Waals surface area contributed by atoms with Gasteiger partial charge in [0.05, 0.1) is 6.10 Å². The van der Waals surface area contributed by atoms with E-state index >= 15 is 0 Å². The number of ether oxygens (including phenoxy) is 1. The second-order valence-electron chi connectivity index (χ2n) is 3.57. The van der Waals surface area contributed by atoms with E-state index in [1.165, 1.54) is 19.3 Å². The van der Waals surface area contributed by atoms with E-state index in [9.17, 15) is 0 Å². The minimum Gasteiger partial charge on any atom is -0.377 e. The maximum absolute atomic E-state index is 5.58. The Labute approximate surface area is 85.3 Å². The normalized spacial score (nSPS) is 24.8. The Morgan fingerprint density at radius 3 is 3.08 bits per heavy atom. The molecule has 2 nitrogen and oxygen atoms in total. The molecule has 13 heavy (non-hydrogen) atoms. The molecule has 0 spiro atoms. The molecule has 1 aliphatic heterocycles. The fraction of sp³-hybridized carbons (Fsp3) is 0.800. The number of hydrogen-bond donors (Lipinski definition) is 1. The molecule has 0 aromatic carbocycles. The molecule has 0 amide bonds. The fourth-order valence-corrected chi connectivity index (χ4v) is 1.51. The van der Waals surface area contributed by atoms with Crippen LogP contribution in [0.4, 0.5) is 0 Å². The summed E-state index contributed by atoms with van der Waals surface area (Å²) >= 11 is 5.54. The van der Waals surface area contributed by atoms with Gasteiger partial charge in [-0.05, 0) is 31.8 Å². The summed E-state index contributed by atoms with van der Waals surface area (Å²) < 4.78 is 5.58. The molecular formula is C10H18ClNO. The van der Waals surface area contributed by atoms with Gasteiger partial charge in [-0.15, -0.1) is 0 Å². The molecular weight excluding hydrogens is 186 g/mol. The molecule has 0 aromatic heterocycles. The predicted octanol–water partition coefficient (Wildman–Crippen LogP) is 2.29. The second-order valence-corrected chi connectivity index (χ2v) is 3.79. The quantitative estimate of drug-likeness (QED) is 0.757. The third-order valence-corrected chi connectivity index (χ3v) is 2.61. The number of hydrogen-bond acceptors (Lipinski definition) is 2. The maximum atomic E-state index is 5.58. The van der Waals surface area contributed by atoms with Gasteiger partial charge < -0.3 is 10.1 Å². The van der Waals surface area contributed by atoms with Gasteiger partial charge in [0.15, 0.2) is 0 Å². The average molecular weight is 204 g/mol. The second kappa shape index (κ2) is 6.41. The van der Waals surface area contributed by atoms with Crippen molar-refractivity contribution in [3.8, 4) is 0 Å². The van der Waals surface area contributed by atoms with Crippen LogP contribution in [-0.2, 0) is 4.74 Å². The third kappa shape index (κ3) is 4.65. The van der Waals surface area contributed by atoms with Gasteiger partial charge in [0.2, 0.25) is 0 Å². The smallest absolute Gasteiger partial charge is 0.0699 e. The molecule has 1 atom stereocenters. The van der Waals surface area contributed by atoms with Crippen molar-refractivity contribution in [2.24, 2.45) is 0 Å². The largest absolute Gasteiger partial charge is 0.377 e. The van der Waals surface area contributed by atoms with E-state index in [1.807, 2.05) is 6.92 Å². The van der Waals surface area contributed by atoms with Crippen molar-refractivity contribution in [1.29, 1.82) is 0 Å². The maximum Gasteiger partial charge on any atom is 0.0699 e. The molecule has 1 fully saturated rings. The van der Waals surface area contributed by atoms with E-state index in [-0.39, 0.29) is 0 Å². The van der Waals surface area contributed by atoms with E-state index in [4.69, 9.17) is 16.3 Å². The van der Waals surface area contributed by atoms with Crippen molar-refractivity contribution in [2.75, 3.05) is 19.7 Å². The van der Waals surface area contributed by atoms with Gasteiger partial charge in [-0.1, -0.05) is 11.6 Å². The van der Waals surface area contributed by atoms with E-state index < -0.39 is 0 Å². The lowest BCUT2D eigenvalue weighted by Crippen LogP contribution is -2.32. The highest BCUT2D eigenvalue weighted by atomic mass is 35.5. The van der Waals surface area contributed by atoms with Gasteiger partial charge in [0, 0.05) is 25.2 Å². The average Bonchev–Trinajstić information content (AvgIpc) is 2.19. The standard InChI is InChI=1S/C10H18ClNO/c1-9(6-11)7-12-8-10-4-2-3-5-13-10/h6,10,12H,2-5,7-8H2,1H3. The van der Waals surface area contributed by atoms with Crippen LogP contribution < -0.4 is 5.32 Å². The van der Waals surface area contributed by atoms with E-state index in [0.717, 1.165) is 25.3 Å². The van der Waals surface area contributed by atoms with Crippen LogP contribution in [0.5, 0.6) is 0 Å². The zero-order valence-corrected chi connectivity index (χ0v) is 8.94. The number of nitrogens with one attached hydrogen (secondary N) is 1. The predicted molar refractivity (Wildman–Crippen MR) is 56.1 cm³/mol. The van der Waals surface area contributed by atoms with Gasteiger partial charge >= 0.3 is 0 Å².